The predicted octanol–water partition coefficient (Wildman–Crippen LogP) is 4.87. The van der Waals surface area contributed by atoms with Crippen LogP contribution in [0.5, 0.6) is 5.75 Å². The van der Waals surface area contributed by atoms with Gasteiger partial charge >= 0.3 is 0 Å². The Labute approximate surface area is 178 Å². The zero-order valence-corrected chi connectivity index (χ0v) is 17.9. The molecule has 0 aliphatic carbocycles. The standard InChI is InChI=1S/C22H22N2O3S2/c1-3-15-4-8-17(9-5-15)23-21(26)12-18-13-28-22(24-18)29-14-20(25)16-6-10-19(27-2)11-7-16/h4-11,13H,3,12,14H2,1-2H3,(H,23,26). The normalized spacial score (nSPS) is 10.6. The van der Waals surface area contributed by atoms with Crippen LogP contribution in [0.15, 0.2) is 58.3 Å². The average Bonchev–Trinajstić information content (AvgIpc) is 3.19. The molecule has 1 heterocycles. The summed E-state index contributed by atoms with van der Waals surface area (Å²) in [5.41, 5.74) is 3.36. The summed E-state index contributed by atoms with van der Waals surface area (Å²) in [5, 5.41) is 4.75. The molecule has 0 aliphatic rings. The van der Waals surface area contributed by atoms with Gasteiger partial charge in [-0.3, -0.25) is 9.59 Å². The number of aryl methyl sites for hydroxylation is 1. The highest BCUT2D eigenvalue weighted by atomic mass is 32.2. The monoisotopic (exact) mass is 426 g/mol. The number of nitrogens with zero attached hydrogens (tertiary/aromatic N) is 1. The van der Waals surface area contributed by atoms with Crippen molar-refractivity contribution in [2.24, 2.45) is 0 Å². The number of anilines is 1. The Morgan fingerprint density at radius 1 is 1.10 bits per heavy atom. The van der Waals surface area contributed by atoms with Gasteiger partial charge in [-0.1, -0.05) is 30.8 Å². The Hall–Kier alpha value is -2.64. The SMILES string of the molecule is CCc1ccc(NC(=O)Cc2csc(SCC(=O)c3ccc(OC)cc3)n2)cc1. The van der Waals surface area contributed by atoms with Crippen LogP contribution in [-0.2, 0) is 17.6 Å². The Balaban J connectivity index is 1.49. The van der Waals surface area contributed by atoms with Crippen LogP contribution in [0.2, 0.25) is 0 Å². The number of aromatic nitrogens is 1. The van der Waals surface area contributed by atoms with Gasteiger partial charge < -0.3 is 10.1 Å². The van der Waals surface area contributed by atoms with Crippen molar-refractivity contribution in [1.29, 1.82) is 0 Å². The Morgan fingerprint density at radius 2 is 1.83 bits per heavy atom. The molecule has 0 fully saturated rings. The van der Waals surface area contributed by atoms with Crippen molar-refractivity contribution in [2.45, 2.75) is 24.1 Å². The summed E-state index contributed by atoms with van der Waals surface area (Å²) >= 11 is 2.83. The van der Waals surface area contributed by atoms with Crippen molar-refractivity contribution in [3.05, 3.63) is 70.7 Å². The van der Waals surface area contributed by atoms with Gasteiger partial charge in [-0.25, -0.2) is 4.98 Å². The minimum absolute atomic E-state index is 0.0303. The van der Waals surface area contributed by atoms with Crippen LogP contribution in [0.25, 0.3) is 0 Å². The first kappa shape index (κ1) is 21.1. The van der Waals surface area contributed by atoms with Gasteiger partial charge in [0.1, 0.15) is 5.75 Å². The molecule has 0 saturated heterocycles. The number of hydrogen-bond donors (Lipinski definition) is 1. The zero-order chi connectivity index (χ0) is 20.6. The Kier molecular flexibility index (Phi) is 7.43. The molecule has 0 unspecified atom stereocenters. The van der Waals surface area contributed by atoms with Crippen molar-refractivity contribution in [2.75, 3.05) is 18.2 Å². The first-order valence-electron chi connectivity index (χ1n) is 9.20. The molecular weight excluding hydrogens is 404 g/mol. The van der Waals surface area contributed by atoms with E-state index in [4.69, 9.17) is 4.74 Å². The van der Waals surface area contributed by atoms with Crippen molar-refractivity contribution < 1.29 is 14.3 Å². The van der Waals surface area contributed by atoms with Gasteiger partial charge in [-0.05, 0) is 48.4 Å². The molecule has 1 N–H and O–H groups in total. The van der Waals surface area contributed by atoms with E-state index in [0.717, 1.165) is 22.2 Å². The summed E-state index contributed by atoms with van der Waals surface area (Å²) in [6.07, 6.45) is 1.17. The van der Waals surface area contributed by atoms with Crippen molar-refractivity contribution in [1.82, 2.24) is 4.98 Å². The van der Waals surface area contributed by atoms with E-state index in [2.05, 4.69) is 17.2 Å². The third-order valence-electron chi connectivity index (χ3n) is 4.26. The van der Waals surface area contributed by atoms with Crippen LogP contribution in [-0.4, -0.2) is 29.5 Å². The third kappa shape index (κ3) is 6.17. The molecule has 5 nitrogen and oxygen atoms in total. The second kappa shape index (κ2) is 10.2. The van der Waals surface area contributed by atoms with Gasteiger partial charge in [0, 0.05) is 16.6 Å². The summed E-state index contributed by atoms with van der Waals surface area (Å²) < 4.78 is 5.88. The molecule has 0 bridgehead atoms. The molecule has 150 valence electrons. The molecule has 0 aliphatic heterocycles. The van der Waals surface area contributed by atoms with Crippen LogP contribution in [0.4, 0.5) is 5.69 Å². The van der Waals surface area contributed by atoms with Gasteiger partial charge in [0.15, 0.2) is 10.1 Å². The number of ether oxygens (including phenoxy) is 1. The van der Waals surface area contributed by atoms with Crippen molar-refractivity contribution >= 4 is 40.5 Å². The maximum Gasteiger partial charge on any atom is 0.230 e. The summed E-state index contributed by atoms with van der Waals surface area (Å²) in [6.45, 7) is 2.09. The van der Waals surface area contributed by atoms with Crippen LogP contribution in [0.3, 0.4) is 0 Å². The minimum atomic E-state index is -0.106. The first-order chi connectivity index (χ1) is 14.1. The van der Waals surface area contributed by atoms with E-state index in [1.807, 2.05) is 29.6 Å². The second-order valence-electron chi connectivity index (χ2n) is 6.32. The van der Waals surface area contributed by atoms with E-state index in [0.29, 0.717) is 17.0 Å². The lowest BCUT2D eigenvalue weighted by Crippen LogP contribution is -2.14. The predicted molar refractivity (Wildman–Crippen MR) is 118 cm³/mol. The van der Waals surface area contributed by atoms with Gasteiger partial charge in [0.05, 0.1) is 25.0 Å². The minimum Gasteiger partial charge on any atom is -0.497 e. The van der Waals surface area contributed by atoms with E-state index < -0.39 is 0 Å². The van der Waals surface area contributed by atoms with Gasteiger partial charge in [0.2, 0.25) is 5.91 Å². The highest BCUT2D eigenvalue weighted by molar-refractivity contribution is 8.01. The zero-order valence-electron chi connectivity index (χ0n) is 16.3. The lowest BCUT2D eigenvalue weighted by molar-refractivity contribution is -0.115. The number of hydrogen-bond acceptors (Lipinski definition) is 6. The fourth-order valence-corrected chi connectivity index (χ4v) is 4.36. The fourth-order valence-electron chi connectivity index (χ4n) is 2.62. The van der Waals surface area contributed by atoms with Crippen LogP contribution >= 0.6 is 23.1 Å². The topological polar surface area (TPSA) is 68.3 Å². The summed E-state index contributed by atoms with van der Waals surface area (Å²) in [7, 11) is 1.59. The Morgan fingerprint density at radius 3 is 2.48 bits per heavy atom. The number of methoxy groups -OCH3 is 1. The van der Waals surface area contributed by atoms with Crippen molar-refractivity contribution in [3.8, 4) is 5.75 Å². The van der Waals surface area contributed by atoms with E-state index >= 15 is 0 Å². The van der Waals surface area contributed by atoms with E-state index in [1.165, 1.54) is 28.7 Å². The van der Waals surface area contributed by atoms with Gasteiger partial charge in [-0.2, -0.15) is 0 Å². The molecule has 1 amide bonds. The molecule has 3 aromatic rings. The molecule has 1 aromatic heterocycles. The van der Waals surface area contributed by atoms with Crippen LogP contribution < -0.4 is 10.1 Å². The maximum atomic E-state index is 12.3. The first-order valence-corrected chi connectivity index (χ1v) is 11.1. The molecular formula is C22H22N2O3S2. The number of carbonyl (C=O) groups excluding carboxylic acids is 2. The number of nitrogens with one attached hydrogen (secondary N) is 1. The van der Waals surface area contributed by atoms with Crippen molar-refractivity contribution in [3.63, 3.8) is 0 Å². The number of Topliss-reactive ketones (excluding diaryl/α,β-unsaturated/α-hetero) is 1. The molecule has 2 aromatic carbocycles. The molecule has 0 spiro atoms. The number of carbonyl (C=O) groups is 2. The van der Waals surface area contributed by atoms with E-state index in [-0.39, 0.29) is 18.1 Å². The van der Waals surface area contributed by atoms with Gasteiger partial charge in [0.25, 0.3) is 0 Å². The number of benzene rings is 2. The average molecular weight is 427 g/mol. The maximum absolute atomic E-state index is 12.3. The lowest BCUT2D eigenvalue weighted by atomic mass is 10.1. The second-order valence-corrected chi connectivity index (χ2v) is 8.40. The molecule has 0 saturated carbocycles. The third-order valence-corrected chi connectivity index (χ3v) is 6.33. The molecule has 3 rings (SSSR count). The molecule has 0 atom stereocenters. The summed E-state index contributed by atoms with van der Waals surface area (Å²) in [5.74, 6) is 0.946. The summed E-state index contributed by atoms with van der Waals surface area (Å²) in [4.78, 5) is 29.0. The largest absolute Gasteiger partial charge is 0.497 e. The van der Waals surface area contributed by atoms with E-state index in [1.54, 1.807) is 31.4 Å². The Bertz CT molecular complexity index is 966. The van der Waals surface area contributed by atoms with Crippen LogP contribution in [0.1, 0.15) is 28.5 Å². The number of amides is 1. The summed E-state index contributed by atoms with van der Waals surface area (Å²) in [6, 6.07) is 14.9. The fraction of sp³-hybridized carbons (Fsp3) is 0.227. The highest BCUT2D eigenvalue weighted by Crippen LogP contribution is 2.24. The lowest BCUT2D eigenvalue weighted by Gasteiger charge is -2.05. The van der Waals surface area contributed by atoms with Gasteiger partial charge in [-0.15, -0.1) is 11.3 Å². The smallest absolute Gasteiger partial charge is 0.230 e. The number of ketones is 1. The van der Waals surface area contributed by atoms with E-state index in [9.17, 15) is 9.59 Å². The number of thiazole rings is 1. The number of rotatable bonds is 9. The van der Waals surface area contributed by atoms with Crippen LogP contribution in [0, 0.1) is 0 Å². The highest BCUT2D eigenvalue weighted by Gasteiger charge is 2.11. The molecule has 0 radical (unpaired) electrons. The quantitative estimate of drug-likeness (QED) is 0.390. The molecule has 29 heavy (non-hydrogen) atoms. The molecule has 7 heteroatoms. The number of thioether (sulfide) groups is 1.